The van der Waals surface area contributed by atoms with Gasteiger partial charge in [0.15, 0.2) is 5.82 Å². The van der Waals surface area contributed by atoms with Crippen molar-refractivity contribution in [2.75, 3.05) is 11.9 Å². The number of H-pyrrole nitrogens is 1. The molecule has 0 saturated heterocycles. The summed E-state index contributed by atoms with van der Waals surface area (Å²) in [5, 5.41) is 20.0. The summed E-state index contributed by atoms with van der Waals surface area (Å²) in [4.78, 5) is 24.3. The summed E-state index contributed by atoms with van der Waals surface area (Å²) in [5.41, 5.74) is 3.30. The molecule has 32 heavy (non-hydrogen) atoms. The number of carbonyl (C=O) groups excluding carboxylic acids is 1. The second-order valence-electron chi connectivity index (χ2n) is 7.31. The summed E-state index contributed by atoms with van der Waals surface area (Å²) in [7, 11) is 0. The first-order valence-electron chi connectivity index (χ1n) is 10.3. The molecule has 0 radical (unpaired) electrons. The molecule has 0 aliphatic rings. The fourth-order valence-corrected chi connectivity index (χ4v) is 3.69. The van der Waals surface area contributed by atoms with Gasteiger partial charge < -0.3 is 15.2 Å². The second-order valence-corrected chi connectivity index (χ2v) is 7.31. The maximum absolute atomic E-state index is 13.0. The van der Waals surface area contributed by atoms with Gasteiger partial charge in [0.25, 0.3) is 0 Å². The number of aliphatic carboxylic acids is 1. The summed E-state index contributed by atoms with van der Waals surface area (Å²) in [6, 6.07) is 22.4. The number of carboxylic acid groups (broad SMARTS) is 1. The van der Waals surface area contributed by atoms with Crippen molar-refractivity contribution >= 4 is 28.6 Å². The molecule has 1 aromatic heterocycles. The molecule has 162 valence electrons. The van der Waals surface area contributed by atoms with Crippen molar-refractivity contribution in [3.05, 3.63) is 78.4 Å². The normalized spacial score (nSPS) is 11.8. The Morgan fingerprint density at radius 1 is 1.06 bits per heavy atom. The van der Waals surface area contributed by atoms with Crippen LogP contribution in [0, 0.1) is 0 Å². The van der Waals surface area contributed by atoms with Crippen LogP contribution in [0.15, 0.2) is 72.8 Å². The van der Waals surface area contributed by atoms with Crippen LogP contribution < -0.4 is 10.1 Å². The highest BCUT2D eigenvalue weighted by Crippen LogP contribution is 2.33. The number of hydrogen-bond donors (Lipinski definition) is 3. The Bertz CT molecular complexity index is 1250. The molecule has 4 aromatic rings. The molecule has 3 N–H and O–H groups in total. The Kier molecular flexibility index (Phi) is 6.17. The Morgan fingerprint density at radius 2 is 1.81 bits per heavy atom. The van der Waals surface area contributed by atoms with Crippen LogP contribution in [0.3, 0.4) is 0 Å². The van der Waals surface area contributed by atoms with E-state index in [0.29, 0.717) is 18.0 Å². The Morgan fingerprint density at radius 3 is 2.56 bits per heavy atom. The topological polar surface area (TPSA) is 104 Å². The van der Waals surface area contributed by atoms with Gasteiger partial charge in [-0.05, 0) is 36.2 Å². The molecule has 0 spiro atoms. The van der Waals surface area contributed by atoms with Crippen LogP contribution in [0.4, 0.5) is 5.82 Å². The smallest absolute Gasteiger partial charge is 0.304 e. The Hall–Kier alpha value is -4.13. The van der Waals surface area contributed by atoms with Gasteiger partial charge in [0.1, 0.15) is 5.75 Å². The van der Waals surface area contributed by atoms with Crippen molar-refractivity contribution in [1.29, 1.82) is 0 Å². The van der Waals surface area contributed by atoms with E-state index in [1.165, 1.54) is 0 Å². The number of carbonyl (C=O) groups is 2. The Labute approximate surface area is 185 Å². The van der Waals surface area contributed by atoms with Crippen LogP contribution >= 0.6 is 0 Å². The number of hydrogen-bond acceptors (Lipinski definition) is 4. The minimum atomic E-state index is -1.04. The molecule has 0 bridgehead atoms. The van der Waals surface area contributed by atoms with Crippen LogP contribution in [0.2, 0.25) is 0 Å². The predicted molar refractivity (Wildman–Crippen MR) is 123 cm³/mol. The van der Waals surface area contributed by atoms with E-state index in [1.807, 2.05) is 55.5 Å². The van der Waals surface area contributed by atoms with E-state index in [-0.39, 0.29) is 6.42 Å². The lowest BCUT2D eigenvalue weighted by Crippen LogP contribution is -2.23. The number of carboxylic acids is 1. The molecular weight excluding hydrogens is 406 g/mol. The third-order valence-corrected chi connectivity index (χ3v) is 5.20. The van der Waals surface area contributed by atoms with Crippen LogP contribution in [-0.2, 0) is 9.59 Å². The van der Waals surface area contributed by atoms with Gasteiger partial charge in [-0.1, -0.05) is 54.6 Å². The number of aromatic amines is 1. The molecule has 3 aromatic carbocycles. The largest absolute Gasteiger partial charge is 0.493 e. The van der Waals surface area contributed by atoms with Gasteiger partial charge in [0.05, 0.1) is 24.5 Å². The first kappa shape index (κ1) is 21.1. The van der Waals surface area contributed by atoms with Gasteiger partial charge in [0, 0.05) is 10.9 Å². The van der Waals surface area contributed by atoms with Crippen molar-refractivity contribution in [1.82, 2.24) is 10.2 Å². The van der Waals surface area contributed by atoms with E-state index >= 15 is 0 Å². The number of benzene rings is 3. The highest BCUT2D eigenvalue weighted by atomic mass is 16.5. The molecule has 4 rings (SSSR count). The summed E-state index contributed by atoms with van der Waals surface area (Å²) < 4.78 is 5.73. The highest BCUT2D eigenvalue weighted by molar-refractivity contribution is 6.03. The average molecular weight is 429 g/mol. The Balaban J connectivity index is 1.62. The maximum Gasteiger partial charge on any atom is 0.304 e. The molecule has 1 heterocycles. The van der Waals surface area contributed by atoms with Crippen LogP contribution in [0.25, 0.3) is 22.0 Å². The van der Waals surface area contributed by atoms with Crippen molar-refractivity contribution in [3.63, 3.8) is 0 Å². The van der Waals surface area contributed by atoms with E-state index in [9.17, 15) is 14.7 Å². The summed E-state index contributed by atoms with van der Waals surface area (Å²) in [5.74, 6) is -1.13. The summed E-state index contributed by atoms with van der Waals surface area (Å²) in [6.07, 6.45) is -0.309. The lowest BCUT2D eigenvalue weighted by Gasteiger charge is -2.14. The maximum atomic E-state index is 13.0. The predicted octanol–water partition coefficient (Wildman–Crippen LogP) is 4.83. The zero-order valence-electron chi connectivity index (χ0n) is 17.5. The van der Waals surface area contributed by atoms with Gasteiger partial charge in [-0.15, -0.1) is 0 Å². The molecular formula is C25H23N3O4. The van der Waals surface area contributed by atoms with E-state index in [2.05, 4.69) is 15.5 Å². The fraction of sp³-hybridized carbons (Fsp3) is 0.160. The molecule has 0 saturated carbocycles. The standard InChI is InChI=1S/C25H23N3O4/c1-2-32-22-11-7-6-10-18(22)17-12-13-19-21(14-17)27-28-24(19)26-25(31)20(15-23(29)30)16-8-4-3-5-9-16/h3-14,20H,2,15H2,1H3,(H,29,30)(H2,26,27,28,31). The van der Waals surface area contributed by atoms with Gasteiger partial charge >= 0.3 is 5.97 Å². The monoisotopic (exact) mass is 429 g/mol. The number of nitrogens with zero attached hydrogens (tertiary/aromatic N) is 1. The number of anilines is 1. The molecule has 1 atom stereocenters. The van der Waals surface area contributed by atoms with Crippen molar-refractivity contribution in [2.45, 2.75) is 19.3 Å². The number of rotatable bonds is 8. The summed E-state index contributed by atoms with van der Waals surface area (Å²) in [6.45, 7) is 2.51. The van der Waals surface area contributed by atoms with Crippen LogP contribution in [0.5, 0.6) is 5.75 Å². The SMILES string of the molecule is CCOc1ccccc1-c1ccc2c(NC(=O)C(CC(=O)O)c3ccccc3)n[nH]c2c1. The lowest BCUT2D eigenvalue weighted by atomic mass is 9.95. The number of nitrogens with one attached hydrogen (secondary N) is 2. The van der Waals surface area contributed by atoms with Gasteiger partial charge in [-0.2, -0.15) is 5.10 Å². The van der Waals surface area contributed by atoms with Crippen molar-refractivity contribution in [2.24, 2.45) is 0 Å². The van der Waals surface area contributed by atoms with E-state index in [1.54, 1.807) is 24.3 Å². The zero-order valence-corrected chi connectivity index (χ0v) is 17.5. The first-order valence-corrected chi connectivity index (χ1v) is 10.3. The summed E-state index contributed by atoms with van der Waals surface area (Å²) >= 11 is 0. The fourth-order valence-electron chi connectivity index (χ4n) is 3.69. The molecule has 1 amide bonds. The third-order valence-electron chi connectivity index (χ3n) is 5.20. The first-order chi connectivity index (χ1) is 15.6. The van der Waals surface area contributed by atoms with Gasteiger partial charge in [0.2, 0.25) is 5.91 Å². The number of amides is 1. The van der Waals surface area contributed by atoms with E-state index in [4.69, 9.17) is 4.74 Å². The quantitative estimate of drug-likeness (QED) is 0.372. The van der Waals surface area contributed by atoms with Crippen molar-refractivity contribution < 1.29 is 19.4 Å². The molecule has 0 fully saturated rings. The lowest BCUT2D eigenvalue weighted by molar-refractivity contribution is -0.139. The van der Waals surface area contributed by atoms with Gasteiger partial charge in [-0.25, -0.2) is 0 Å². The molecule has 1 unspecified atom stereocenters. The second kappa shape index (κ2) is 9.34. The number of aromatic nitrogens is 2. The molecule has 7 nitrogen and oxygen atoms in total. The third kappa shape index (κ3) is 4.46. The molecule has 7 heteroatoms. The van der Waals surface area contributed by atoms with E-state index < -0.39 is 17.8 Å². The molecule has 0 aliphatic carbocycles. The van der Waals surface area contributed by atoms with Gasteiger partial charge in [-0.3, -0.25) is 14.7 Å². The van der Waals surface area contributed by atoms with Crippen LogP contribution in [0.1, 0.15) is 24.8 Å². The zero-order chi connectivity index (χ0) is 22.5. The average Bonchev–Trinajstić information content (AvgIpc) is 3.20. The highest BCUT2D eigenvalue weighted by Gasteiger charge is 2.25. The number of para-hydroxylation sites is 1. The van der Waals surface area contributed by atoms with E-state index in [0.717, 1.165) is 27.8 Å². The van der Waals surface area contributed by atoms with Crippen LogP contribution in [-0.4, -0.2) is 33.8 Å². The molecule has 0 aliphatic heterocycles. The van der Waals surface area contributed by atoms with Crippen molar-refractivity contribution in [3.8, 4) is 16.9 Å². The minimum absolute atomic E-state index is 0.309. The number of ether oxygens (including phenoxy) is 1. The number of fused-ring (bicyclic) bond motifs is 1. The minimum Gasteiger partial charge on any atom is -0.493 e.